The smallest absolute Gasteiger partial charge is 0.0827 e. The molecule has 1 N–H and O–H groups in total. The van der Waals surface area contributed by atoms with E-state index in [1.165, 1.54) is 16.9 Å². The van der Waals surface area contributed by atoms with Crippen LogP contribution in [0.15, 0.2) is 30.3 Å². The van der Waals surface area contributed by atoms with Gasteiger partial charge in [0, 0.05) is 13.6 Å². The molecule has 2 aromatic rings. The topological polar surface area (TPSA) is 29.9 Å². The standard InChI is InChI=1S/C14H19N3/c1-11-14(12(2)17(3)16-11)15-10-9-13-7-5-4-6-8-13/h4-8,15H,9-10H2,1-3H3. The minimum atomic E-state index is 0.942. The summed E-state index contributed by atoms with van der Waals surface area (Å²) in [5.41, 5.74) is 4.79. The van der Waals surface area contributed by atoms with Gasteiger partial charge in [-0.3, -0.25) is 4.68 Å². The van der Waals surface area contributed by atoms with Crippen LogP contribution >= 0.6 is 0 Å². The number of hydrogen-bond donors (Lipinski definition) is 1. The minimum Gasteiger partial charge on any atom is -0.382 e. The summed E-state index contributed by atoms with van der Waals surface area (Å²) in [5, 5.41) is 7.86. The van der Waals surface area contributed by atoms with Gasteiger partial charge >= 0.3 is 0 Å². The minimum absolute atomic E-state index is 0.942. The monoisotopic (exact) mass is 229 g/mol. The Hall–Kier alpha value is -1.77. The van der Waals surface area contributed by atoms with Gasteiger partial charge in [-0.2, -0.15) is 5.10 Å². The first-order valence-electron chi connectivity index (χ1n) is 5.96. The quantitative estimate of drug-likeness (QED) is 0.873. The lowest BCUT2D eigenvalue weighted by Crippen LogP contribution is -2.06. The van der Waals surface area contributed by atoms with E-state index in [1.54, 1.807) is 0 Å². The molecule has 0 saturated carbocycles. The molecular weight excluding hydrogens is 210 g/mol. The van der Waals surface area contributed by atoms with Crippen molar-refractivity contribution in [2.75, 3.05) is 11.9 Å². The SMILES string of the molecule is Cc1nn(C)c(C)c1NCCc1ccccc1. The maximum Gasteiger partial charge on any atom is 0.0827 e. The third kappa shape index (κ3) is 2.67. The van der Waals surface area contributed by atoms with Gasteiger partial charge in [0.15, 0.2) is 0 Å². The Morgan fingerprint density at radius 3 is 2.47 bits per heavy atom. The molecule has 0 aliphatic heterocycles. The van der Waals surface area contributed by atoms with Crippen LogP contribution in [0.4, 0.5) is 5.69 Å². The normalized spacial score (nSPS) is 10.5. The predicted octanol–water partition coefficient (Wildman–Crippen LogP) is 2.69. The molecule has 0 bridgehead atoms. The van der Waals surface area contributed by atoms with Crippen molar-refractivity contribution in [3.8, 4) is 0 Å². The molecule has 17 heavy (non-hydrogen) atoms. The summed E-state index contributed by atoms with van der Waals surface area (Å²) in [6, 6.07) is 10.5. The highest BCUT2D eigenvalue weighted by atomic mass is 15.3. The maximum absolute atomic E-state index is 4.39. The Morgan fingerprint density at radius 2 is 1.88 bits per heavy atom. The summed E-state index contributed by atoms with van der Waals surface area (Å²) in [4.78, 5) is 0. The van der Waals surface area contributed by atoms with E-state index in [9.17, 15) is 0 Å². The fourth-order valence-corrected chi connectivity index (χ4v) is 2.01. The molecule has 0 spiro atoms. The van der Waals surface area contributed by atoms with E-state index < -0.39 is 0 Å². The van der Waals surface area contributed by atoms with Gasteiger partial charge in [0.1, 0.15) is 0 Å². The highest BCUT2D eigenvalue weighted by Crippen LogP contribution is 2.18. The van der Waals surface area contributed by atoms with E-state index >= 15 is 0 Å². The van der Waals surface area contributed by atoms with Crippen LogP contribution < -0.4 is 5.32 Å². The van der Waals surface area contributed by atoms with Crippen LogP contribution in [0.1, 0.15) is 17.0 Å². The molecule has 3 heteroatoms. The molecule has 0 radical (unpaired) electrons. The molecule has 90 valence electrons. The molecule has 0 fully saturated rings. The van der Waals surface area contributed by atoms with Crippen LogP contribution in [0, 0.1) is 13.8 Å². The Bertz CT molecular complexity index is 486. The molecule has 0 unspecified atom stereocenters. The average Bonchev–Trinajstić information content (AvgIpc) is 2.57. The van der Waals surface area contributed by atoms with E-state index in [1.807, 2.05) is 24.7 Å². The molecule has 0 amide bonds. The molecule has 0 saturated heterocycles. The van der Waals surface area contributed by atoms with Crippen molar-refractivity contribution in [3.63, 3.8) is 0 Å². The van der Waals surface area contributed by atoms with Crippen LogP contribution in [0.2, 0.25) is 0 Å². The molecule has 2 rings (SSSR count). The Labute approximate surface area is 102 Å². The summed E-state index contributed by atoms with van der Waals surface area (Å²) in [7, 11) is 1.98. The number of nitrogens with one attached hydrogen (secondary N) is 1. The van der Waals surface area contributed by atoms with Gasteiger partial charge in [0.25, 0.3) is 0 Å². The summed E-state index contributed by atoms with van der Waals surface area (Å²) < 4.78 is 1.92. The van der Waals surface area contributed by atoms with E-state index in [4.69, 9.17) is 0 Å². The number of benzene rings is 1. The predicted molar refractivity (Wildman–Crippen MR) is 71.3 cm³/mol. The number of rotatable bonds is 4. The summed E-state index contributed by atoms with van der Waals surface area (Å²) >= 11 is 0. The fourth-order valence-electron chi connectivity index (χ4n) is 2.01. The number of aromatic nitrogens is 2. The lowest BCUT2D eigenvalue weighted by atomic mass is 10.1. The van der Waals surface area contributed by atoms with Crippen molar-refractivity contribution >= 4 is 5.69 Å². The second-order valence-corrected chi connectivity index (χ2v) is 4.33. The second kappa shape index (κ2) is 5.04. The Morgan fingerprint density at radius 1 is 1.18 bits per heavy atom. The van der Waals surface area contributed by atoms with E-state index in [0.29, 0.717) is 0 Å². The number of aryl methyl sites for hydroxylation is 2. The zero-order valence-corrected chi connectivity index (χ0v) is 10.7. The third-order valence-corrected chi connectivity index (χ3v) is 3.07. The van der Waals surface area contributed by atoms with E-state index in [0.717, 1.165) is 18.7 Å². The molecule has 1 heterocycles. The van der Waals surface area contributed by atoms with Crippen LogP contribution in [-0.4, -0.2) is 16.3 Å². The zero-order valence-electron chi connectivity index (χ0n) is 10.7. The van der Waals surface area contributed by atoms with Gasteiger partial charge in [0.05, 0.1) is 17.1 Å². The molecule has 0 aliphatic carbocycles. The van der Waals surface area contributed by atoms with Gasteiger partial charge in [-0.25, -0.2) is 0 Å². The fraction of sp³-hybridized carbons (Fsp3) is 0.357. The van der Waals surface area contributed by atoms with E-state index in [-0.39, 0.29) is 0 Å². The van der Waals surface area contributed by atoms with Gasteiger partial charge in [0.2, 0.25) is 0 Å². The molecule has 0 aliphatic rings. The largest absolute Gasteiger partial charge is 0.382 e. The maximum atomic E-state index is 4.39. The summed E-state index contributed by atoms with van der Waals surface area (Å²) in [5.74, 6) is 0. The number of nitrogens with zero attached hydrogens (tertiary/aromatic N) is 2. The van der Waals surface area contributed by atoms with E-state index in [2.05, 4.69) is 41.6 Å². The van der Waals surface area contributed by atoms with Crippen molar-refractivity contribution in [2.24, 2.45) is 7.05 Å². The third-order valence-electron chi connectivity index (χ3n) is 3.07. The van der Waals surface area contributed by atoms with Crippen LogP contribution in [-0.2, 0) is 13.5 Å². The lowest BCUT2D eigenvalue weighted by Gasteiger charge is -2.06. The first-order chi connectivity index (χ1) is 8.18. The van der Waals surface area contributed by atoms with Crippen molar-refractivity contribution in [3.05, 3.63) is 47.3 Å². The van der Waals surface area contributed by atoms with Crippen molar-refractivity contribution in [1.82, 2.24) is 9.78 Å². The van der Waals surface area contributed by atoms with Crippen molar-refractivity contribution in [1.29, 1.82) is 0 Å². The highest BCUT2D eigenvalue weighted by molar-refractivity contribution is 5.51. The molecule has 0 atom stereocenters. The summed E-state index contributed by atoms with van der Waals surface area (Å²) in [6.45, 7) is 5.07. The Kier molecular flexibility index (Phi) is 3.47. The Balaban J connectivity index is 1.95. The molecule has 1 aromatic carbocycles. The van der Waals surface area contributed by atoms with Crippen molar-refractivity contribution < 1.29 is 0 Å². The summed E-state index contributed by atoms with van der Waals surface area (Å²) in [6.07, 6.45) is 1.04. The van der Waals surface area contributed by atoms with Gasteiger partial charge < -0.3 is 5.32 Å². The first kappa shape index (κ1) is 11.7. The van der Waals surface area contributed by atoms with Crippen LogP contribution in [0.5, 0.6) is 0 Å². The zero-order chi connectivity index (χ0) is 12.3. The molecule has 3 nitrogen and oxygen atoms in total. The lowest BCUT2D eigenvalue weighted by molar-refractivity contribution is 0.731. The van der Waals surface area contributed by atoms with Crippen molar-refractivity contribution in [2.45, 2.75) is 20.3 Å². The molecular formula is C14H19N3. The first-order valence-corrected chi connectivity index (χ1v) is 5.96. The molecule has 1 aromatic heterocycles. The van der Waals surface area contributed by atoms with Gasteiger partial charge in [-0.15, -0.1) is 0 Å². The second-order valence-electron chi connectivity index (χ2n) is 4.33. The number of anilines is 1. The average molecular weight is 229 g/mol. The van der Waals surface area contributed by atoms with Gasteiger partial charge in [-0.1, -0.05) is 30.3 Å². The number of hydrogen-bond acceptors (Lipinski definition) is 2. The highest BCUT2D eigenvalue weighted by Gasteiger charge is 2.07. The van der Waals surface area contributed by atoms with Crippen LogP contribution in [0.25, 0.3) is 0 Å². The van der Waals surface area contributed by atoms with Crippen LogP contribution in [0.3, 0.4) is 0 Å². The van der Waals surface area contributed by atoms with Gasteiger partial charge in [-0.05, 0) is 25.8 Å².